The molecule has 0 saturated heterocycles. The fourth-order valence-corrected chi connectivity index (χ4v) is 1.88. The van der Waals surface area contributed by atoms with Gasteiger partial charge in [0.1, 0.15) is 0 Å². The zero-order chi connectivity index (χ0) is 13.1. The summed E-state index contributed by atoms with van der Waals surface area (Å²) >= 11 is 0. The van der Waals surface area contributed by atoms with E-state index in [9.17, 15) is 4.39 Å². The topological polar surface area (TPSA) is 43.8 Å². The lowest BCUT2D eigenvalue weighted by molar-refractivity contribution is 0.431. The number of nitrogens with zero attached hydrogens (tertiary/aromatic N) is 2. The number of nitrogens with two attached hydrogens (primary N) is 1. The average molecular weight is 247 g/mol. The number of hydrogen-bond donors (Lipinski definition) is 1. The quantitative estimate of drug-likeness (QED) is 0.902. The Morgan fingerprint density at radius 1 is 1.33 bits per heavy atom. The van der Waals surface area contributed by atoms with Crippen molar-refractivity contribution in [2.24, 2.45) is 11.7 Å². The highest BCUT2D eigenvalue weighted by Gasteiger charge is 2.21. The lowest BCUT2D eigenvalue weighted by Gasteiger charge is -2.16. The van der Waals surface area contributed by atoms with E-state index in [0.717, 1.165) is 6.42 Å². The van der Waals surface area contributed by atoms with Crippen molar-refractivity contribution in [3.63, 3.8) is 0 Å². The molecule has 0 radical (unpaired) electrons. The Labute approximate surface area is 106 Å². The van der Waals surface area contributed by atoms with Crippen LogP contribution < -0.4 is 5.73 Å². The molecule has 1 aromatic carbocycles. The summed E-state index contributed by atoms with van der Waals surface area (Å²) in [6, 6.07) is 8.91. The summed E-state index contributed by atoms with van der Waals surface area (Å²) in [5, 5.41) is 4.09. The van der Waals surface area contributed by atoms with Crippen LogP contribution in [0.5, 0.6) is 0 Å². The Bertz CT molecular complexity index is 507. The van der Waals surface area contributed by atoms with Crippen LogP contribution in [0.1, 0.15) is 31.9 Å². The van der Waals surface area contributed by atoms with Crippen LogP contribution in [-0.4, -0.2) is 9.78 Å². The zero-order valence-corrected chi connectivity index (χ0v) is 10.7. The number of hydrogen-bond acceptors (Lipinski definition) is 2. The van der Waals surface area contributed by atoms with Crippen molar-refractivity contribution in [2.45, 2.75) is 26.3 Å². The van der Waals surface area contributed by atoms with Gasteiger partial charge in [0.2, 0.25) is 5.95 Å². The van der Waals surface area contributed by atoms with E-state index in [0.29, 0.717) is 11.3 Å². The highest BCUT2D eigenvalue weighted by molar-refractivity contribution is 5.32. The van der Waals surface area contributed by atoms with Crippen LogP contribution in [0.3, 0.4) is 0 Å². The predicted octanol–water partition coefficient (Wildman–Crippen LogP) is 3.06. The van der Waals surface area contributed by atoms with Gasteiger partial charge in [-0.15, -0.1) is 0 Å². The van der Waals surface area contributed by atoms with Gasteiger partial charge in [-0.05, 0) is 18.1 Å². The third kappa shape index (κ3) is 2.29. The van der Waals surface area contributed by atoms with Crippen molar-refractivity contribution < 1.29 is 4.39 Å². The molecule has 0 saturated carbocycles. The monoisotopic (exact) mass is 247 g/mol. The minimum atomic E-state index is -0.367. The van der Waals surface area contributed by atoms with Gasteiger partial charge in [0.15, 0.2) is 0 Å². The van der Waals surface area contributed by atoms with Gasteiger partial charge >= 0.3 is 0 Å². The lowest BCUT2D eigenvalue weighted by atomic mass is 9.95. The molecule has 3 nitrogen and oxygen atoms in total. The Hall–Kier alpha value is -1.68. The molecule has 0 aliphatic heterocycles. The number of para-hydroxylation sites is 1. The summed E-state index contributed by atoms with van der Waals surface area (Å²) in [4.78, 5) is 0. The van der Waals surface area contributed by atoms with E-state index in [-0.39, 0.29) is 17.9 Å². The van der Waals surface area contributed by atoms with Gasteiger partial charge in [0.25, 0.3) is 0 Å². The van der Waals surface area contributed by atoms with Gasteiger partial charge in [-0.1, -0.05) is 38.5 Å². The SMILES string of the molecule is CCC(C)C(N)c1cnn(-c2ccccc2)c1F. The van der Waals surface area contributed by atoms with Crippen LogP contribution in [-0.2, 0) is 0 Å². The minimum Gasteiger partial charge on any atom is -0.324 e. The number of aromatic nitrogens is 2. The second-order valence-corrected chi connectivity index (χ2v) is 4.55. The summed E-state index contributed by atoms with van der Waals surface area (Å²) in [5.74, 6) is -0.137. The van der Waals surface area contributed by atoms with Crippen LogP contribution >= 0.6 is 0 Å². The normalized spacial score (nSPS) is 14.4. The van der Waals surface area contributed by atoms with E-state index in [4.69, 9.17) is 5.73 Å². The molecular weight excluding hydrogens is 229 g/mol. The Balaban J connectivity index is 2.35. The molecule has 2 aromatic rings. The maximum Gasteiger partial charge on any atom is 0.221 e. The van der Waals surface area contributed by atoms with Gasteiger partial charge < -0.3 is 5.73 Å². The Morgan fingerprint density at radius 2 is 2.00 bits per heavy atom. The van der Waals surface area contributed by atoms with E-state index >= 15 is 0 Å². The average Bonchev–Trinajstić information content (AvgIpc) is 2.80. The van der Waals surface area contributed by atoms with Crippen LogP contribution in [0.4, 0.5) is 4.39 Å². The molecule has 96 valence electrons. The van der Waals surface area contributed by atoms with Crippen LogP contribution in [0.15, 0.2) is 36.5 Å². The highest BCUT2D eigenvalue weighted by atomic mass is 19.1. The maximum absolute atomic E-state index is 14.3. The molecule has 0 bridgehead atoms. The van der Waals surface area contributed by atoms with Crippen molar-refractivity contribution in [2.75, 3.05) is 0 Å². The van der Waals surface area contributed by atoms with Crippen molar-refractivity contribution in [1.82, 2.24) is 9.78 Å². The molecule has 0 amide bonds. The highest BCUT2D eigenvalue weighted by Crippen LogP contribution is 2.25. The fourth-order valence-electron chi connectivity index (χ4n) is 1.88. The first-order chi connectivity index (χ1) is 8.65. The summed E-state index contributed by atoms with van der Waals surface area (Å²) in [6.45, 7) is 4.06. The molecule has 2 rings (SSSR count). The first-order valence-electron chi connectivity index (χ1n) is 6.19. The molecule has 0 aliphatic rings. The summed E-state index contributed by atoms with van der Waals surface area (Å²) in [6.07, 6.45) is 2.44. The molecular formula is C14H18FN3. The third-order valence-electron chi connectivity index (χ3n) is 3.35. The summed E-state index contributed by atoms with van der Waals surface area (Å²) in [7, 11) is 0. The molecule has 0 aliphatic carbocycles. The Kier molecular flexibility index (Phi) is 3.77. The molecule has 2 N–H and O–H groups in total. The predicted molar refractivity (Wildman–Crippen MR) is 69.9 cm³/mol. The molecule has 1 heterocycles. The van der Waals surface area contributed by atoms with Gasteiger partial charge in [0, 0.05) is 11.6 Å². The maximum atomic E-state index is 14.3. The molecule has 4 heteroatoms. The largest absolute Gasteiger partial charge is 0.324 e. The van der Waals surface area contributed by atoms with Gasteiger partial charge in [-0.25, -0.2) is 4.68 Å². The first kappa shape index (κ1) is 12.8. The van der Waals surface area contributed by atoms with E-state index in [1.54, 1.807) is 0 Å². The van der Waals surface area contributed by atoms with E-state index in [1.807, 2.05) is 44.2 Å². The van der Waals surface area contributed by atoms with Crippen molar-refractivity contribution in [1.29, 1.82) is 0 Å². The number of benzene rings is 1. The lowest BCUT2D eigenvalue weighted by Crippen LogP contribution is -2.19. The van der Waals surface area contributed by atoms with Gasteiger partial charge in [-0.2, -0.15) is 9.49 Å². The second-order valence-electron chi connectivity index (χ2n) is 4.55. The molecule has 2 atom stereocenters. The summed E-state index contributed by atoms with van der Waals surface area (Å²) in [5.41, 5.74) is 7.23. The van der Waals surface area contributed by atoms with Crippen LogP contribution in [0.25, 0.3) is 5.69 Å². The van der Waals surface area contributed by atoms with Crippen molar-refractivity contribution in [3.8, 4) is 5.69 Å². The van der Waals surface area contributed by atoms with Crippen LogP contribution in [0, 0.1) is 11.9 Å². The second kappa shape index (κ2) is 5.31. The van der Waals surface area contributed by atoms with Gasteiger partial charge in [0.05, 0.1) is 11.9 Å². The summed E-state index contributed by atoms with van der Waals surface area (Å²) < 4.78 is 15.6. The van der Waals surface area contributed by atoms with Crippen molar-refractivity contribution in [3.05, 3.63) is 48.0 Å². The third-order valence-corrected chi connectivity index (χ3v) is 3.35. The van der Waals surface area contributed by atoms with E-state index in [2.05, 4.69) is 5.10 Å². The van der Waals surface area contributed by atoms with Crippen LogP contribution in [0.2, 0.25) is 0 Å². The molecule has 2 unspecified atom stereocenters. The Morgan fingerprint density at radius 3 is 2.61 bits per heavy atom. The fraction of sp³-hybridized carbons (Fsp3) is 0.357. The standard InChI is InChI=1S/C14H18FN3/c1-3-10(2)13(16)12-9-17-18(14(12)15)11-7-5-4-6-8-11/h4-10,13H,3,16H2,1-2H3. The van der Waals surface area contributed by atoms with E-state index in [1.165, 1.54) is 10.9 Å². The molecule has 1 aromatic heterocycles. The minimum absolute atomic E-state index is 0.230. The molecule has 0 fully saturated rings. The van der Waals surface area contributed by atoms with Gasteiger partial charge in [-0.3, -0.25) is 0 Å². The zero-order valence-electron chi connectivity index (χ0n) is 10.7. The van der Waals surface area contributed by atoms with Crippen molar-refractivity contribution >= 4 is 0 Å². The molecule has 0 spiro atoms. The number of halogens is 1. The molecule has 18 heavy (non-hydrogen) atoms. The van der Waals surface area contributed by atoms with E-state index < -0.39 is 0 Å². The number of rotatable bonds is 4. The smallest absolute Gasteiger partial charge is 0.221 e. The first-order valence-corrected chi connectivity index (χ1v) is 6.19.